The van der Waals surface area contributed by atoms with Crippen molar-refractivity contribution in [2.45, 2.75) is 46.7 Å². The van der Waals surface area contributed by atoms with Crippen molar-refractivity contribution in [1.29, 1.82) is 0 Å². The maximum Gasteiger partial charge on any atom is 0.273 e. The summed E-state index contributed by atoms with van der Waals surface area (Å²) in [6.07, 6.45) is 0.925. The van der Waals surface area contributed by atoms with Crippen LogP contribution in [-0.2, 0) is 6.54 Å². The van der Waals surface area contributed by atoms with Gasteiger partial charge in [-0.2, -0.15) is 5.10 Å². The van der Waals surface area contributed by atoms with Gasteiger partial charge in [0, 0.05) is 22.7 Å². The molecule has 1 amide bonds. The normalized spacial score (nSPS) is 14.6. The number of benzene rings is 3. The third-order valence-corrected chi connectivity index (χ3v) is 7.69. The zero-order chi connectivity index (χ0) is 28.6. The maximum atomic E-state index is 13.9. The molecule has 40 heavy (non-hydrogen) atoms. The number of hydrogen-bond donors (Lipinski definition) is 2. The van der Waals surface area contributed by atoms with Crippen LogP contribution in [0.3, 0.4) is 0 Å². The summed E-state index contributed by atoms with van der Waals surface area (Å²) >= 11 is 6.52. The van der Waals surface area contributed by atoms with E-state index in [0.717, 1.165) is 28.7 Å². The highest BCUT2D eigenvalue weighted by Crippen LogP contribution is 2.47. The second kappa shape index (κ2) is 11.3. The Kier molecular flexibility index (Phi) is 7.76. The number of halogens is 1. The largest absolute Gasteiger partial charge is 0.507 e. The van der Waals surface area contributed by atoms with Gasteiger partial charge in [-0.1, -0.05) is 55.8 Å². The average molecular weight is 560 g/mol. The fourth-order valence-electron chi connectivity index (χ4n) is 5.24. The zero-order valence-corrected chi connectivity index (χ0v) is 24.2. The fourth-order valence-corrected chi connectivity index (χ4v) is 5.44. The molecule has 3 aromatic carbocycles. The van der Waals surface area contributed by atoms with E-state index in [4.69, 9.17) is 21.1 Å². The molecule has 5 rings (SSSR count). The number of phenolic OH excluding ortho intramolecular Hbond substituents is 1. The molecule has 2 heterocycles. The number of amides is 1. The fraction of sp³-hybridized carbons (Fsp3) is 0.312. The molecule has 0 saturated carbocycles. The molecule has 0 saturated heterocycles. The highest BCUT2D eigenvalue weighted by atomic mass is 35.5. The highest BCUT2D eigenvalue weighted by molar-refractivity contribution is 6.31. The number of nitrogens with zero attached hydrogens (tertiary/aromatic N) is 2. The first kappa shape index (κ1) is 27.6. The van der Waals surface area contributed by atoms with Crippen LogP contribution in [0.1, 0.15) is 64.6 Å². The second-order valence-corrected chi connectivity index (χ2v) is 11.1. The maximum absolute atomic E-state index is 13.9. The van der Waals surface area contributed by atoms with E-state index in [-0.39, 0.29) is 11.7 Å². The number of carbonyl (C=O) groups excluding carboxylic acids is 1. The number of hydrogen-bond acceptors (Lipinski definition) is 5. The number of nitrogens with one attached hydrogen (secondary N) is 1. The van der Waals surface area contributed by atoms with Gasteiger partial charge in [0.25, 0.3) is 5.91 Å². The topological polar surface area (TPSA) is 87.7 Å². The SMILES string of the molecule is COc1cc(C2c3c(-c4cc(C)cc(C)c4O)n[nH]c3C(=O)N2Cc2ccccc2Cl)ccc1OCCC(C)C. The Morgan fingerprint density at radius 2 is 1.88 bits per heavy atom. The van der Waals surface area contributed by atoms with E-state index in [1.165, 1.54) is 0 Å². The Morgan fingerprint density at radius 1 is 1.10 bits per heavy atom. The van der Waals surface area contributed by atoms with E-state index in [0.29, 0.717) is 58.1 Å². The van der Waals surface area contributed by atoms with Gasteiger partial charge in [-0.05, 0) is 72.7 Å². The Bertz CT molecular complexity index is 1560. The number of aromatic hydroxyl groups is 1. The predicted molar refractivity (Wildman–Crippen MR) is 156 cm³/mol. The molecule has 2 N–H and O–H groups in total. The number of aromatic amines is 1. The Hall–Kier alpha value is -3.97. The Morgan fingerprint density at radius 3 is 2.60 bits per heavy atom. The quantitative estimate of drug-likeness (QED) is 0.226. The standard InChI is InChI=1S/C32H34ClN3O4/c1-18(2)12-13-40-25-11-10-21(16-26(25)39-5)30-27-28(23-15-19(3)14-20(4)31(23)37)34-35-29(27)32(38)36(30)17-22-8-6-7-9-24(22)33/h6-11,14-16,18,30,37H,12-13,17H2,1-5H3,(H,34,35). The average Bonchev–Trinajstić information content (AvgIpc) is 3.46. The summed E-state index contributed by atoms with van der Waals surface area (Å²) in [5.74, 6) is 1.70. The predicted octanol–water partition coefficient (Wildman–Crippen LogP) is 7.23. The van der Waals surface area contributed by atoms with Crippen LogP contribution in [0.25, 0.3) is 11.3 Å². The molecule has 4 aromatic rings. The Labute approximate surface area is 239 Å². The summed E-state index contributed by atoms with van der Waals surface area (Å²) in [4.78, 5) is 15.7. The second-order valence-electron chi connectivity index (χ2n) is 10.7. The molecule has 1 atom stereocenters. The number of aryl methyl sites for hydroxylation is 2. The van der Waals surface area contributed by atoms with Gasteiger partial charge >= 0.3 is 0 Å². The molecule has 7 nitrogen and oxygen atoms in total. The van der Waals surface area contributed by atoms with Gasteiger partial charge < -0.3 is 19.5 Å². The summed E-state index contributed by atoms with van der Waals surface area (Å²) in [7, 11) is 1.61. The van der Waals surface area contributed by atoms with E-state index >= 15 is 0 Å². The van der Waals surface area contributed by atoms with E-state index in [1.807, 2.05) is 68.4 Å². The van der Waals surface area contributed by atoms with Crippen molar-refractivity contribution in [1.82, 2.24) is 15.1 Å². The van der Waals surface area contributed by atoms with Crippen LogP contribution in [0.4, 0.5) is 0 Å². The molecule has 8 heteroatoms. The number of H-pyrrole nitrogens is 1. The first-order valence-corrected chi connectivity index (χ1v) is 13.8. The van der Waals surface area contributed by atoms with Crippen molar-refractivity contribution in [2.75, 3.05) is 13.7 Å². The third kappa shape index (κ3) is 5.13. The monoisotopic (exact) mass is 559 g/mol. The molecule has 1 aliphatic rings. The summed E-state index contributed by atoms with van der Waals surface area (Å²) in [5, 5.41) is 19.1. The lowest BCUT2D eigenvalue weighted by Gasteiger charge is -2.27. The van der Waals surface area contributed by atoms with Gasteiger partial charge in [-0.15, -0.1) is 0 Å². The first-order valence-electron chi connectivity index (χ1n) is 13.4. The lowest BCUT2D eigenvalue weighted by Crippen LogP contribution is -2.29. The Balaban J connectivity index is 1.64. The van der Waals surface area contributed by atoms with Crippen molar-refractivity contribution in [3.05, 3.63) is 93.1 Å². The molecule has 1 aliphatic heterocycles. The van der Waals surface area contributed by atoms with Crippen molar-refractivity contribution in [2.24, 2.45) is 5.92 Å². The molecule has 1 unspecified atom stereocenters. The molecule has 0 fully saturated rings. The summed E-state index contributed by atoms with van der Waals surface area (Å²) in [6, 6.07) is 16.6. The summed E-state index contributed by atoms with van der Waals surface area (Å²) < 4.78 is 11.8. The smallest absolute Gasteiger partial charge is 0.273 e. The molecule has 208 valence electrons. The summed E-state index contributed by atoms with van der Waals surface area (Å²) in [5.41, 5.74) is 5.60. The van der Waals surface area contributed by atoms with Crippen LogP contribution < -0.4 is 9.47 Å². The van der Waals surface area contributed by atoms with Gasteiger partial charge in [-0.3, -0.25) is 9.89 Å². The molecular formula is C32H34ClN3O4. The number of phenols is 1. The highest BCUT2D eigenvalue weighted by Gasteiger charge is 2.43. The van der Waals surface area contributed by atoms with Crippen LogP contribution in [0, 0.1) is 19.8 Å². The van der Waals surface area contributed by atoms with Gasteiger partial charge in [0.2, 0.25) is 0 Å². The zero-order valence-electron chi connectivity index (χ0n) is 23.4. The molecule has 0 radical (unpaired) electrons. The molecule has 0 aliphatic carbocycles. The van der Waals surface area contributed by atoms with E-state index < -0.39 is 6.04 Å². The van der Waals surface area contributed by atoms with Gasteiger partial charge in [0.1, 0.15) is 17.1 Å². The third-order valence-electron chi connectivity index (χ3n) is 7.32. The van der Waals surface area contributed by atoms with Gasteiger partial charge in [-0.25, -0.2) is 0 Å². The molecular weight excluding hydrogens is 526 g/mol. The van der Waals surface area contributed by atoms with Gasteiger partial charge in [0.15, 0.2) is 11.5 Å². The molecule has 1 aromatic heterocycles. The van der Waals surface area contributed by atoms with Gasteiger partial charge in [0.05, 0.1) is 19.8 Å². The number of methoxy groups -OCH3 is 1. The number of fused-ring (bicyclic) bond motifs is 1. The van der Waals surface area contributed by atoms with Crippen molar-refractivity contribution in [3.63, 3.8) is 0 Å². The van der Waals surface area contributed by atoms with Crippen molar-refractivity contribution < 1.29 is 19.4 Å². The lowest BCUT2D eigenvalue weighted by molar-refractivity contribution is 0.0730. The van der Waals surface area contributed by atoms with Crippen LogP contribution in [0.5, 0.6) is 17.2 Å². The summed E-state index contributed by atoms with van der Waals surface area (Å²) in [6.45, 7) is 9.00. The van der Waals surface area contributed by atoms with Crippen molar-refractivity contribution in [3.8, 4) is 28.5 Å². The van der Waals surface area contributed by atoms with Crippen LogP contribution >= 0.6 is 11.6 Å². The number of rotatable bonds is 9. The van der Waals surface area contributed by atoms with Crippen LogP contribution in [-0.4, -0.2) is 39.8 Å². The minimum absolute atomic E-state index is 0.141. The van der Waals surface area contributed by atoms with Crippen molar-refractivity contribution >= 4 is 17.5 Å². The van der Waals surface area contributed by atoms with E-state index in [9.17, 15) is 9.90 Å². The lowest BCUT2D eigenvalue weighted by atomic mass is 9.93. The van der Waals surface area contributed by atoms with Crippen LogP contribution in [0.2, 0.25) is 5.02 Å². The number of ether oxygens (including phenoxy) is 2. The van der Waals surface area contributed by atoms with E-state index in [1.54, 1.807) is 12.0 Å². The van der Waals surface area contributed by atoms with E-state index in [2.05, 4.69) is 24.0 Å². The van der Waals surface area contributed by atoms with Crippen LogP contribution in [0.15, 0.2) is 54.6 Å². The minimum Gasteiger partial charge on any atom is -0.507 e. The first-order chi connectivity index (χ1) is 19.2. The minimum atomic E-state index is -0.508. The number of aromatic nitrogens is 2. The number of carbonyl (C=O) groups is 1. The molecule has 0 bridgehead atoms. The molecule has 0 spiro atoms.